The van der Waals surface area contributed by atoms with Crippen molar-refractivity contribution in [3.63, 3.8) is 0 Å². The van der Waals surface area contributed by atoms with Crippen molar-refractivity contribution in [3.8, 4) is 5.75 Å². The largest absolute Gasteiger partial charge is 0.573 e. The molecule has 0 saturated carbocycles. The van der Waals surface area contributed by atoms with E-state index in [1.165, 1.54) is 35.2 Å². The maximum Gasteiger partial charge on any atom is 0.573 e. The Hall–Kier alpha value is -0.860. The number of rotatable bonds is 1. The molecule has 0 atom stereocenters. The lowest BCUT2D eigenvalue weighted by atomic mass is 10.3. The van der Waals surface area contributed by atoms with Gasteiger partial charge >= 0.3 is 6.36 Å². The van der Waals surface area contributed by atoms with Crippen LogP contribution >= 0.6 is 35.5 Å². The number of nitrogens with one attached hydrogen (secondary N) is 1. The quantitative estimate of drug-likeness (QED) is 0.868. The number of halogens is 4. The van der Waals surface area contributed by atoms with Crippen LogP contribution in [0.2, 0.25) is 0 Å². The van der Waals surface area contributed by atoms with Crippen LogP contribution in [0.3, 0.4) is 0 Å². The zero-order valence-corrected chi connectivity index (χ0v) is 11.7. The highest BCUT2D eigenvalue weighted by Gasteiger charge is 2.32. The van der Waals surface area contributed by atoms with Gasteiger partial charge in [0.25, 0.3) is 0 Å². The highest BCUT2D eigenvalue weighted by molar-refractivity contribution is 7.99. The summed E-state index contributed by atoms with van der Waals surface area (Å²) in [6.45, 7) is 0.718. The number of hydrogen-bond donors (Lipinski definition) is 1. The third-order valence-corrected chi connectivity index (χ3v) is 4.49. The molecule has 0 aliphatic carbocycles. The second kappa shape index (κ2) is 4.92. The van der Waals surface area contributed by atoms with Crippen LogP contribution in [0.15, 0.2) is 17.0 Å². The molecule has 19 heavy (non-hydrogen) atoms. The number of thioether (sulfide) groups is 1. The van der Waals surface area contributed by atoms with E-state index in [0.717, 1.165) is 22.7 Å². The molecule has 0 bridgehead atoms. The van der Waals surface area contributed by atoms with Gasteiger partial charge in [0.1, 0.15) is 5.75 Å². The van der Waals surface area contributed by atoms with E-state index in [9.17, 15) is 13.2 Å². The average Bonchev–Trinajstić information content (AvgIpc) is 2.55. The molecule has 1 N–H and O–H groups in total. The molecule has 104 valence electrons. The standard InChI is InChI=1S/C10H7F3N2OS2.ClH/c11-10(12,13)16-5-3-6-8-7(4-5)18-9(14)15(8)1-2-17-6;/h3-4,14H,1-2H2;1H. The van der Waals surface area contributed by atoms with E-state index in [4.69, 9.17) is 5.41 Å². The summed E-state index contributed by atoms with van der Waals surface area (Å²) in [6.07, 6.45) is -4.68. The Labute approximate surface area is 120 Å². The van der Waals surface area contributed by atoms with Crippen LogP contribution in [-0.2, 0) is 6.54 Å². The van der Waals surface area contributed by atoms with Crippen molar-refractivity contribution in [2.75, 3.05) is 5.75 Å². The summed E-state index contributed by atoms with van der Waals surface area (Å²) >= 11 is 2.66. The Morgan fingerprint density at radius 3 is 2.74 bits per heavy atom. The Kier molecular flexibility index (Phi) is 3.76. The number of aryl methyl sites for hydroxylation is 1. The SMILES string of the molecule is Cl.N=c1sc2cc(OC(F)(F)F)cc3c2n1CCS3. The van der Waals surface area contributed by atoms with E-state index in [1.807, 2.05) is 4.57 Å². The van der Waals surface area contributed by atoms with Gasteiger partial charge in [-0.1, -0.05) is 11.3 Å². The highest BCUT2D eigenvalue weighted by atomic mass is 35.5. The van der Waals surface area contributed by atoms with E-state index in [-0.39, 0.29) is 18.2 Å². The fourth-order valence-electron chi connectivity index (χ4n) is 1.93. The molecule has 0 radical (unpaired) electrons. The van der Waals surface area contributed by atoms with Gasteiger partial charge in [-0.15, -0.1) is 37.3 Å². The zero-order valence-electron chi connectivity index (χ0n) is 9.28. The Morgan fingerprint density at radius 2 is 2.05 bits per heavy atom. The predicted octanol–water partition coefficient (Wildman–Crippen LogP) is 3.61. The van der Waals surface area contributed by atoms with Gasteiger partial charge in [-0.05, 0) is 6.07 Å². The van der Waals surface area contributed by atoms with Crippen LogP contribution < -0.4 is 9.54 Å². The van der Waals surface area contributed by atoms with Crippen LogP contribution in [0, 0.1) is 5.41 Å². The molecular formula is C10H8ClF3N2OS2. The van der Waals surface area contributed by atoms with Gasteiger partial charge in [-0.3, -0.25) is 5.41 Å². The van der Waals surface area contributed by atoms with E-state index in [1.54, 1.807) is 0 Å². The van der Waals surface area contributed by atoms with Gasteiger partial charge < -0.3 is 9.30 Å². The lowest BCUT2D eigenvalue weighted by Gasteiger charge is -2.16. The van der Waals surface area contributed by atoms with Crippen molar-refractivity contribution < 1.29 is 17.9 Å². The van der Waals surface area contributed by atoms with Gasteiger partial charge in [0.15, 0.2) is 4.80 Å². The molecule has 1 aromatic heterocycles. The number of benzene rings is 1. The van der Waals surface area contributed by atoms with E-state index >= 15 is 0 Å². The van der Waals surface area contributed by atoms with Gasteiger partial charge in [-0.25, -0.2) is 0 Å². The van der Waals surface area contributed by atoms with E-state index in [0.29, 0.717) is 9.50 Å². The van der Waals surface area contributed by atoms with Crippen LogP contribution in [0.25, 0.3) is 10.2 Å². The second-order valence-electron chi connectivity index (χ2n) is 3.72. The smallest absolute Gasteiger partial charge is 0.406 e. The molecule has 2 aromatic rings. The van der Waals surface area contributed by atoms with Crippen molar-refractivity contribution in [1.82, 2.24) is 4.57 Å². The monoisotopic (exact) mass is 328 g/mol. The topological polar surface area (TPSA) is 38.0 Å². The zero-order chi connectivity index (χ0) is 12.9. The highest BCUT2D eigenvalue weighted by Crippen LogP contribution is 2.38. The van der Waals surface area contributed by atoms with Gasteiger partial charge in [0.05, 0.1) is 10.2 Å². The summed E-state index contributed by atoms with van der Waals surface area (Å²) in [4.78, 5) is 1.10. The average molecular weight is 329 g/mol. The minimum absolute atomic E-state index is 0. The summed E-state index contributed by atoms with van der Waals surface area (Å²) < 4.78 is 43.1. The molecule has 0 spiro atoms. The lowest BCUT2D eigenvalue weighted by Crippen LogP contribution is -2.18. The number of alkyl halides is 3. The Balaban J connectivity index is 0.00000133. The second-order valence-corrected chi connectivity index (χ2v) is 5.89. The minimum atomic E-state index is -4.68. The number of hydrogen-bond acceptors (Lipinski definition) is 4. The summed E-state index contributed by atoms with van der Waals surface area (Å²) in [7, 11) is 0. The Bertz CT molecular complexity index is 680. The molecule has 1 aliphatic rings. The molecular weight excluding hydrogens is 321 g/mol. The van der Waals surface area contributed by atoms with Gasteiger partial charge in [-0.2, -0.15) is 0 Å². The van der Waals surface area contributed by atoms with E-state index < -0.39 is 6.36 Å². The number of aromatic nitrogens is 1. The van der Waals surface area contributed by atoms with Crippen LogP contribution in [-0.4, -0.2) is 16.7 Å². The van der Waals surface area contributed by atoms with Gasteiger partial charge in [0, 0.05) is 23.3 Å². The third kappa shape index (κ3) is 2.70. The first-order valence-corrected chi connectivity index (χ1v) is 6.85. The summed E-state index contributed by atoms with van der Waals surface area (Å²) in [5.41, 5.74) is 0.843. The molecule has 0 amide bonds. The lowest BCUT2D eigenvalue weighted by molar-refractivity contribution is -0.274. The number of thiazole rings is 1. The molecule has 3 nitrogen and oxygen atoms in total. The molecule has 3 rings (SSSR count). The summed E-state index contributed by atoms with van der Waals surface area (Å²) in [5.74, 6) is 0.540. The normalized spacial score (nSPS) is 14.3. The first-order chi connectivity index (χ1) is 8.44. The van der Waals surface area contributed by atoms with Crippen molar-refractivity contribution >= 4 is 45.7 Å². The van der Waals surface area contributed by atoms with E-state index in [2.05, 4.69) is 4.74 Å². The van der Waals surface area contributed by atoms with Crippen molar-refractivity contribution in [3.05, 3.63) is 16.9 Å². The van der Waals surface area contributed by atoms with Crippen LogP contribution in [0.5, 0.6) is 5.75 Å². The van der Waals surface area contributed by atoms with Crippen molar-refractivity contribution in [1.29, 1.82) is 5.41 Å². The van der Waals surface area contributed by atoms with Crippen molar-refractivity contribution in [2.24, 2.45) is 0 Å². The molecule has 1 aromatic carbocycles. The van der Waals surface area contributed by atoms with Crippen LogP contribution in [0.4, 0.5) is 13.2 Å². The van der Waals surface area contributed by atoms with Crippen molar-refractivity contribution in [2.45, 2.75) is 17.8 Å². The first-order valence-electron chi connectivity index (χ1n) is 5.04. The molecule has 2 heterocycles. The fraction of sp³-hybridized carbons (Fsp3) is 0.300. The number of nitrogens with zero attached hydrogens (tertiary/aromatic N) is 1. The minimum Gasteiger partial charge on any atom is -0.406 e. The fourth-order valence-corrected chi connectivity index (χ4v) is 4.03. The molecule has 0 fully saturated rings. The summed E-state index contributed by atoms with van der Waals surface area (Å²) in [5, 5.41) is 7.79. The maximum absolute atomic E-state index is 12.2. The third-order valence-electron chi connectivity index (χ3n) is 2.54. The van der Waals surface area contributed by atoms with Crippen LogP contribution in [0.1, 0.15) is 0 Å². The number of ether oxygens (including phenoxy) is 1. The molecule has 9 heteroatoms. The Morgan fingerprint density at radius 1 is 1.32 bits per heavy atom. The molecule has 0 saturated heterocycles. The molecule has 1 aliphatic heterocycles. The summed E-state index contributed by atoms with van der Waals surface area (Å²) in [6, 6.07) is 2.74. The first kappa shape index (κ1) is 14.5. The maximum atomic E-state index is 12.2. The molecule has 0 unspecified atom stereocenters. The van der Waals surface area contributed by atoms with Gasteiger partial charge in [0.2, 0.25) is 0 Å². The predicted molar refractivity (Wildman–Crippen MR) is 70.3 cm³/mol.